The number of aliphatic carboxylic acids is 2. The maximum atomic E-state index is 10.6. The maximum absolute atomic E-state index is 10.6. The van der Waals surface area contributed by atoms with E-state index in [0.29, 0.717) is 0 Å². The Morgan fingerprint density at radius 2 is 1.57 bits per heavy atom. The van der Waals surface area contributed by atoms with Gasteiger partial charge in [0.1, 0.15) is 5.01 Å². The Labute approximate surface area is 201 Å². The highest BCUT2D eigenvalue weighted by Gasteiger charge is 2.41. The largest absolute Gasteiger partial charge is 0.490 e. The van der Waals surface area contributed by atoms with Crippen LogP contribution in [0, 0.1) is 5.92 Å². The molecule has 1 saturated carbocycles. The van der Waals surface area contributed by atoms with Gasteiger partial charge in [-0.05, 0) is 31.6 Å². The number of thiazole rings is 1. The molecule has 3 heterocycles. The summed E-state index contributed by atoms with van der Waals surface area (Å²) in [7, 11) is 0. The quantitative estimate of drug-likeness (QED) is 0.565. The molecule has 1 aliphatic carbocycles. The van der Waals surface area contributed by atoms with Crippen LogP contribution in [0.15, 0.2) is 11.6 Å². The number of likely N-dealkylation sites (tertiary alicyclic amines) is 1. The van der Waals surface area contributed by atoms with Gasteiger partial charge in [-0.15, -0.1) is 11.3 Å². The second-order valence-electron chi connectivity index (χ2n) is 8.52. The predicted octanol–water partition coefficient (Wildman–Crippen LogP) is 3.49. The van der Waals surface area contributed by atoms with Crippen molar-refractivity contribution in [3.05, 3.63) is 16.6 Å². The molecule has 15 heteroatoms. The van der Waals surface area contributed by atoms with Crippen LogP contribution in [-0.2, 0) is 20.9 Å². The summed E-state index contributed by atoms with van der Waals surface area (Å²) in [6.45, 7) is 7.79. The Balaban J connectivity index is 0.000000257. The number of hydrogen-bond donors (Lipinski definition) is 2. The maximum Gasteiger partial charge on any atom is 0.490 e. The van der Waals surface area contributed by atoms with E-state index in [4.69, 9.17) is 24.5 Å². The average molecular weight is 536 g/mol. The highest BCUT2D eigenvalue weighted by molar-refractivity contribution is 7.09. The van der Waals surface area contributed by atoms with Crippen molar-refractivity contribution >= 4 is 23.3 Å². The highest BCUT2D eigenvalue weighted by atomic mass is 32.1. The second kappa shape index (κ2) is 12.3. The van der Waals surface area contributed by atoms with E-state index in [2.05, 4.69) is 20.2 Å². The number of hydrogen-bond acceptors (Lipinski definition) is 7. The van der Waals surface area contributed by atoms with Gasteiger partial charge in [0.2, 0.25) is 0 Å². The molecule has 0 aromatic carbocycles. The predicted molar refractivity (Wildman–Crippen MR) is 112 cm³/mol. The van der Waals surface area contributed by atoms with Crippen molar-refractivity contribution in [1.29, 1.82) is 0 Å². The van der Waals surface area contributed by atoms with Crippen LogP contribution in [0.2, 0.25) is 0 Å². The number of nitrogens with zero attached hydrogens (tertiary/aromatic N) is 3. The monoisotopic (exact) mass is 535 g/mol. The summed E-state index contributed by atoms with van der Waals surface area (Å²) in [5, 5.41) is 17.6. The van der Waals surface area contributed by atoms with Crippen LogP contribution in [0.5, 0.6) is 0 Å². The average Bonchev–Trinajstić information content (AvgIpc) is 3.42. The minimum absolute atomic E-state index is 0.121. The van der Waals surface area contributed by atoms with Gasteiger partial charge >= 0.3 is 24.3 Å². The summed E-state index contributed by atoms with van der Waals surface area (Å²) < 4.78 is 69.7. The van der Waals surface area contributed by atoms with E-state index in [1.807, 2.05) is 6.20 Å². The topological polar surface area (TPSA) is 103 Å². The first-order chi connectivity index (χ1) is 16.2. The molecule has 2 saturated heterocycles. The Kier molecular flexibility index (Phi) is 10.3. The molecular formula is C20H27F6N3O5S. The molecule has 0 radical (unpaired) electrons. The molecule has 0 amide bonds. The van der Waals surface area contributed by atoms with E-state index in [-0.39, 0.29) is 5.60 Å². The fourth-order valence-corrected chi connectivity index (χ4v) is 4.35. The van der Waals surface area contributed by atoms with Crippen LogP contribution in [0.3, 0.4) is 0 Å². The van der Waals surface area contributed by atoms with Gasteiger partial charge in [0.05, 0.1) is 18.8 Å². The third kappa shape index (κ3) is 10.7. The number of ether oxygens (including phenoxy) is 1. The van der Waals surface area contributed by atoms with E-state index >= 15 is 0 Å². The van der Waals surface area contributed by atoms with Crippen molar-refractivity contribution in [2.45, 2.75) is 50.2 Å². The molecule has 1 spiro atoms. The van der Waals surface area contributed by atoms with Gasteiger partial charge < -0.3 is 19.8 Å². The molecule has 3 aliphatic rings. The molecule has 2 aliphatic heterocycles. The van der Waals surface area contributed by atoms with Crippen LogP contribution in [-0.4, -0.2) is 94.2 Å². The van der Waals surface area contributed by atoms with Crippen LogP contribution in [0.1, 0.15) is 30.7 Å². The molecule has 3 fully saturated rings. The van der Waals surface area contributed by atoms with Gasteiger partial charge in [0.25, 0.3) is 0 Å². The summed E-state index contributed by atoms with van der Waals surface area (Å²) in [5.41, 5.74) is 0.121. The van der Waals surface area contributed by atoms with E-state index in [9.17, 15) is 26.3 Å². The number of carboxylic acid groups (broad SMARTS) is 2. The van der Waals surface area contributed by atoms with Crippen LogP contribution < -0.4 is 0 Å². The molecule has 1 aromatic heterocycles. The van der Waals surface area contributed by atoms with Gasteiger partial charge in [-0.3, -0.25) is 4.90 Å². The number of alkyl halides is 6. The fraction of sp³-hybridized carbons (Fsp3) is 0.750. The molecule has 200 valence electrons. The molecule has 1 aromatic rings. The number of rotatable bonds is 4. The van der Waals surface area contributed by atoms with E-state index < -0.39 is 24.3 Å². The minimum Gasteiger partial charge on any atom is -0.475 e. The first-order valence-electron chi connectivity index (χ1n) is 10.8. The molecule has 0 atom stereocenters. The zero-order valence-corrected chi connectivity index (χ0v) is 19.5. The molecule has 4 rings (SSSR count). The highest BCUT2D eigenvalue weighted by Crippen LogP contribution is 2.34. The number of carbonyl (C=O) groups is 2. The first kappa shape index (κ1) is 29.3. The molecule has 0 bridgehead atoms. The molecule has 2 N–H and O–H groups in total. The Morgan fingerprint density at radius 3 is 2.00 bits per heavy atom. The zero-order valence-electron chi connectivity index (χ0n) is 18.6. The number of carboxylic acids is 2. The lowest BCUT2D eigenvalue weighted by molar-refractivity contribution is -0.193. The van der Waals surface area contributed by atoms with Gasteiger partial charge in [-0.1, -0.05) is 0 Å². The van der Waals surface area contributed by atoms with Crippen molar-refractivity contribution in [3.8, 4) is 0 Å². The summed E-state index contributed by atoms with van der Waals surface area (Å²) in [4.78, 5) is 27.4. The lowest BCUT2D eigenvalue weighted by atomic mass is 9.89. The van der Waals surface area contributed by atoms with Gasteiger partial charge in [0.15, 0.2) is 0 Å². The molecule has 35 heavy (non-hydrogen) atoms. The van der Waals surface area contributed by atoms with Crippen molar-refractivity contribution in [1.82, 2.24) is 14.8 Å². The van der Waals surface area contributed by atoms with Crippen molar-refractivity contribution in [2.24, 2.45) is 5.92 Å². The van der Waals surface area contributed by atoms with E-state index in [0.717, 1.165) is 32.2 Å². The number of morpholine rings is 1. The van der Waals surface area contributed by atoms with E-state index in [1.165, 1.54) is 50.3 Å². The Bertz CT molecular complexity index is 785. The molecular weight excluding hydrogens is 508 g/mol. The Hall–Kier alpha value is -1.97. The number of piperidine rings is 1. The smallest absolute Gasteiger partial charge is 0.475 e. The summed E-state index contributed by atoms with van der Waals surface area (Å²) in [6, 6.07) is 0. The summed E-state index contributed by atoms with van der Waals surface area (Å²) >= 11 is 1.76. The normalized spacial score (nSPS) is 20.9. The van der Waals surface area contributed by atoms with Gasteiger partial charge in [0, 0.05) is 44.3 Å². The second-order valence-corrected chi connectivity index (χ2v) is 9.50. The third-order valence-electron chi connectivity index (χ3n) is 5.64. The minimum atomic E-state index is -5.08. The van der Waals surface area contributed by atoms with Crippen LogP contribution in [0.25, 0.3) is 0 Å². The van der Waals surface area contributed by atoms with Crippen molar-refractivity contribution in [2.75, 3.05) is 39.3 Å². The summed E-state index contributed by atoms with van der Waals surface area (Å²) in [6.07, 6.45) is -2.94. The summed E-state index contributed by atoms with van der Waals surface area (Å²) in [5.74, 6) is -4.51. The number of halogens is 6. The molecule has 8 nitrogen and oxygen atoms in total. The number of aromatic nitrogens is 1. The van der Waals surface area contributed by atoms with Gasteiger partial charge in [-0.25, -0.2) is 14.6 Å². The molecule has 0 unspecified atom stereocenters. The lowest BCUT2D eigenvalue weighted by Crippen LogP contribution is -2.56. The first-order valence-corrected chi connectivity index (χ1v) is 11.7. The lowest BCUT2D eigenvalue weighted by Gasteiger charge is -2.47. The van der Waals surface area contributed by atoms with Crippen LogP contribution in [0.4, 0.5) is 26.3 Å². The fourth-order valence-electron chi connectivity index (χ4n) is 3.69. The third-order valence-corrected chi connectivity index (χ3v) is 6.40. The standard InChI is InChI=1S/C16H25N3OS.2C2HF3O2/c1-2-14(1)11-18-6-3-16(4-7-18)13-19(8-9-20-16)12-15-17-5-10-21-15;2*3-2(4,5)1(6)7/h5,10,14H,1-4,6-9,11-13H2;2*(H,6,7). The SMILES string of the molecule is O=C(O)C(F)(F)F.O=C(O)C(F)(F)F.c1csc(CN2CCOC3(CCN(CC4CC4)CC3)C2)n1. The van der Waals surface area contributed by atoms with Crippen molar-refractivity contribution in [3.63, 3.8) is 0 Å². The van der Waals surface area contributed by atoms with Crippen LogP contribution >= 0.6 is 11.3 Å². The Morgan fingerprint density at radius 1 is 1.03 bits per heavy atom. The van der Waals surface area contributed by atoms with E-state index in [1.54, 1.807) is 11.3 Å². The van der Waals surface area contributed by atoms with Crippen molar-refractivity contribution < 1.29 is 50.9 Å². The van der Waals surface area contributed by atoms with Gasteiger partial charge in [-0.2, -0.15) is 26.3 Å². The zero-order chi connectivity index (χ0) is 26.3.